The van der Waals surface area contributed by atoms with Crippen molar-refractivity contribution in [1.29, 1.82) is 0 Å². The van der Waals surface area contributed by atoms with Crippen LogP contribution in [0.5, 0.6) is 0 Å². The van der Waals surface area contributed by atoms with E-state index in [-0.39, 0.29) is 6.42 Å². The number of rotatable bonds is 5. The van der Waals surface area contributed by atoms with Gasteiger partial charge < -0.3 is 24.8 Å². The van der Waals surface area contributed by atoms with E-state index in [1.807, 2.05) is 13.8 Å². The lowest BCUT2D eigenvalue weighted by Gasteiger charge is -2.53. The molecule has 0 amide bonds. The van der Waals surface area contributed by atoms with Gasteiger partial charge in [0.25, 0.3) is 0 Å². The van der Waals surface area contributed by atoms with E-state index in [0.717, 1.165) is 0 Å². The lowest BCUT2D eigenvalue weighted by atomic mass is 9.59. The van der Waals surface area contributed by atoms with Gasteiger partial charge in [0.15, 0.2) is 11.4 Å². The fourth-order valence-corrected chi connectivity index (χ4v) is 8.37. The maximum Gasteiger partial charge on any atom is 0.338 e. The van der Waals surface area contributed by atoms with Gasteiger partial charge in [0.1, 0.15) is 11.7 Å². The molecule has 0 saturated heterocycles. The highest BCUT2D eigenvalue weighted by atomic mass is 16.6. The number of ether oxygens (including phenoxy) is 2. The molecule has 4 aliphatic rings. The Morgan fingerprint density at radius 2 is 1.50 bits per heavy atom. The van der Waals surface area contributed by atoms with Gasteiger partial charge in [0.05, 0.1) is 23.3 Å². The van der Waals surface area contributed by atoms with Gasteiger partial charge in [-0.15, -0.1) is 0 Å². The van der Waals surface area contributed by atoms with Gasteiger partial charge in [0, 0.05) is 35.5 Å². The van der Waals surface area contributed by atoms with Crippen LogP contribution in [0, 0.1) is 29.1 Å². The first kappa shape index (κ1) is 28.5. The first-order chi connectivity index (χ1) is 19.8. The Bertz CT molecular complexity index is 1510. The molecular formula is C34H36O8. The van der Waals surface area contributed by atoms with Crippen LogP contribution >= 0.6 is 0 Å². The van der Waals surface area contributed by atoms with Gasteiger partial charge in [0.2, 0.25) is 0 Å². The standard InChI is InChI=1S/C34H36O8/c1-19-15-25-32(39,27(19)36)17-21(18-35)16-24-26-31(3,4)34(26,42-30(38)23-13-9-6-10-14-23)28(20(2)33(24,25)40)41-29(37)22-11-7-5-8-12-22/h5-16,20,24-26,28,35,39-40H,17-18H2,1-4H3/t20-,24+,25-,26-,28+,32-,33-,34+/m1/s1. The average molecular weight is 573 g/mol. The number of ketones is 1. The van der Waals surface area contributed by atoms with Crippen molar-refractivity contribution in [2.45, 2.75) is 57.0 Å². The van der Waals surface area contributed by atoms with Crippen molar-refractivity contribution in [2.75, 3.05) is 6.61 Å². The molecule has 0 bridgehead atoms. The number of esters is 2. The summed E-state index contributed by atoms with van der Waals surface area (Å²) < 4.78 is 12.6. The highest BCUT2D eigenvalue weighted by molar-refractivity contribution is 6.05. The summed E-state index contributed by atoms with van der Waals surface area (Å²) in [6, 6.07) is 17.0. The molecule has 42 heavy (non-hydrogen) atoms. The van der Waals surface area contributed by atoms with Gasteiger partial charge in [-0.3, -0.25) is 4.79 Å². The van der Waals surface area contributed by atoms with E-state index in [4.69, 9.17) is 9.47 Å². The van der Waals surface area contributed by atoms with Crippen LogP contribution in [0.1, 0.15) is 54.8 Å². The third kappa shape index (κ3) is 3.68. The van der Waals surface area contributed by atoms with E-state index in [2.05, 4.69) is 0 Å². The number of aliphatic hydroxyl groups excluding tert-OH is 1. The van der Waals surface area contributed by atoms with E-state index in [1.54, 1.807) is 86.7 Å². The Kier molecular flexibility index (Phi) is 6.42. The zero-order valence-corrected chi connectivity index (χ0v) is 24.1. The molecule has 3 N–H and O–H groups in total. The third-order valence-electron chi connectivity index (χ3n) is 10.5. The van der Waals surface area contributed by atoms with Crippen molar-refractivity contribution in [3.8, 4) is 0 Å². The lowest BCUT2D eigenvalue weighted by molar-refractivity contribution is -0.210. The lowest BCUT2D eigenvalue weighted by Crippen LogP contribution is -2.66. The normalized spacial score (nSPS) is 37.7. The molecule has 2 aromatic carbocycles. The number of Topliss-reactive ketones (excluding diaryl/α,β-unsaturated/α-hetero) is 1. The minimum absolute atomic E-state index is 0.148. The summed E-state index contributed by atoms with van der Waals surface area (Å²) in [5, 5.41) is 35.0. The van der Waals surface area contributed by atoms with Crippen LogP contribution in [0.3, 0.4) is 0 Å². The predicted molar refractivity (Wildman–Crippen MR) is 152 cm³/mol. The topological polar surface area (TPSA) is 130 Å². The predicted octanol–water partition coefficient (Wildman–Crippen LogP) is 3.66. The molecule has 0 aliphatic heterocycles. The van der Waals surface area contributed by atoms with Crippen LogP contribution in [-0.2, 0) is 14.3 Å². The summed E-state index contributed by atoms with van der Waals surface area (Å²) in [6.45, 7) is 6.70. The third-order valence-corrected chi connectivity index (χ3v) is 10.5. The number of aliphatic hydroxyl groups is 3. The van der Waals surface area contributed by atoms with Crippen LogP contribution in [0.25, 0.3) is 0 Å². The zero-order chi connectivity index (χ0) is 30.2. The molecule has 2 aromatic rings. The zero-order valence-electron chi connectivity index (χ0n) is 24.1. The first-order valence-electron chi connectivity index (χ1n) is 14.4. The van der Waals surface area contributed by atoms with Gasteiger partial charge >= 0.3 is 11.9 Å². The van der Waals surface area contributed by atoms with Crippen molar-refractivity contribution >= 4 is 17.7 Å². The van der Waals surface area contributed by atoms with E-state index in [0.29, 0.717) is 22.3 Å². The fourth-order valence-electron chi connectivity index (χ4n) is 8.37. The summed E-state index contributed by atoms with van der Waals surface area (Å²) in [4.78, 5) is 40.5. The molecule has 0 aromatic heterocycles. The molecule has 4 aliphatic carbocycles. The molecule has 8 heteroatoms. The van der Waals surface area contributed by atoms with Crippen LogP contribution in [0.15, 0.2) is 84.0 Å². The van der Waals surface area contributed by atoms with Crippen LogP contribution in [0.4, 0.5) is 0 Å². The summed E-state index contributed by atoms with van der Waals surface area (Å²) in [5.41, 5.74) is -4.56. The molecule has 220 valence electrons. The number of hydrogen-bond donors (Lipinski definition) is 3. The summed E-state index contributed by atoms with van der Waals surface area (Å²) in [7, 11) is 0. The monoisotopic (exact) mass is 572 g/mol. The molecule has 0 radical (unpaired) electrons. The Hall–Kier alpha value is -3.59. The fraction of sp³-hybridized carbons (Fsp3) is 0.441. The number of carbonyl (C=O) groups excluding carboxylic acids is 3. The van der Waals surface area contributed by atoms with Crippen LogP contribution in [-0.4, -0.2) is 62.6 Å². The minimum Gasteiger partial charge on any atom is -0.454 e. The molecule has 0 spiro atoms. The second-order valence-corrected chi connectivity index (χ2v) is 12.9. The molecule has 0 unspecified atom stereocenters. The number of fused-ring (bicyclic) bond motifs is 5. The molecular weight excluding hydrogens is 536 g/mol. The molecule has 8 nitrogen and oxygen atoms in total. The number of carbonyl (C=O) groups is 3. The minimum atomic E-state index is -1.98. The second-order valence-electron chi connectivity index (χ2n) is 12.9. The Labute approximate surface area is 244 Å². The van der Waals surface area contributed by atoms with Crippen molar-refractivity contribution in [3.63, 3.8) is 0 Å². The summed E-state index contributed by atoms with van der Waals surface area (Å²) >= 11 is 0. The quantitative estimate of drug-likeness (QED) is 0.366. The van der Waals surface area contributed by atoms with Gasteiger partial charge in [-0.1, -0.05) is 69.3 Å². The van der Waals surface area contributed by atoms with Crippen molar-refractivity contribution in [1.82, 2.24) is 0 Å². The Morgan fingerprint density at radius 1 is 0.929 bits per heavy atom. The second kappa shape index (κ2) is 9.46. The number of hydrogen-bond acceptors (Lipinski definition) is 8. The maximum absolute atomic E-state index is 13.6. The molecule has 8 atom stereocenters. The maximum atomic E-state index is 13.6. The summed E-state index contributed by atoms with van der Waals surface area (Å²) in [5.74, 6) is -5.00. The Morgan fingerprint density at radius 3 is 2.07 bits per heavy atom. The van der Waals surface area contributed by atoms with Crippen molar-refractivity contribution < 1.29 is 39.2 Å². The van der Waals surface area contributed by atoms with Crippen molar-refractivity contribution in [3.05, 3.63) is 95.1 Å². The van der Waals surface area contributed by atoms with E-state index in [1.165, 1.54) is 0 Å². The highest BCUT2D eigenvalue weighted by Gasteiger charge is 2.88. The van der Waals surface area contributed by atoms with Crippen LogP contribution < -0.4 is 0 Å². The SMILES string of the molecule is CC1=C[C@H]2[C@@]3(O)[C@H](C)[C@H](OC(=O)c4ccccc4)[C@@]4(OC(=O)c5ccccc5)[C@H]([C@@H]3C=C(CO)C[C@]2(O)C1=O)C4(C)C. The van der Waals surface area contributed by atoms with E-state index in [9.17, 15) is 29.7 Å². The average Bonchev–Trinajstić information content (AvgIpc) is 3.41. The molecule has 6 rings (SSSR count). The van der Waals surface area contributed by atoms with E-state index >= 15 is 0 Å². The Balaban J connectivity index is 1.53. The smallest absolute Gasteiger partial charge is 0.338 e. The molecule has 2 saturated carbocycles. The van der Waals surface area contributed by atoms with Gasteiger partial charge in [-0.2, -0.15) is 0 Å². The van der Waals surface area contributed by atoms with Gasteiger partial charge in [-0.05, 0) is 42.3 Å². The van der Waals surface area contributed by atoms with E-state index < -0.39 is 76.3 Å². The molecule has 2 fully saturated rings. The molecule has 0 heterocycles. The highest BCUT2D eigenvalue weighted by Crippen LogP contribution is 2.77. The number of benzene rings is 2. The van der Waals surface area contributed by atoms with Gasteiger partial charge in [-0.25, -0.2) is 9.59 Å². The van der Waals surface area contributed by atoms with Crippen molar-refractivity contribution in [2.24, 2.45) is 29.1 Å². The first-order valence-corrected chi connectivity index (χ1v) is 14.4. The van der Waals surface area contributed by atoms with Crippen LogP contribution in [0.2, 0.25) is 0 Å². The summed E-state index contributed by atoms with van der Waals surface area (Å²) in [6.07, 6.45) is 2.07. The largest absolute Gasteiger partial charge is 0.454 e.